The van der Waals surface area contributed by atoms with Gasteiger partial charge in [-0.1, -0.05) is 15.9 Å². The summed E-state index contributed by atoms with van der Waals surface area (Å²) in [5.41, 5.74) is 0.880. The van der Waals surface area contributed by atoms with Gasteiger partial charge in [-0.15, -0.1) is 13.2 Å². The molecule has 3 nitrogen and oxygen atoms in total. The lowest BCUT2D eigenvalue weighted by atomic mass is 10.1. The third kappa shape index (κ3) is 3.01. The van der Waals surface area contributed by atoms with Crippen molar-refractivity contribution in [1.82, 2.24) is 4.98 Å². The molecule has 0 amide bonds. The van der Waals surface area contributed by atoms with Crippen LogP contribution in [0.3, 0.4) is 0 Å². The Labute approximate surface area is 98.7 Å². The van der Waals surface area contributed by atoms with Crippen molar-refractivity contribution >= 4 is 15.9 Å². The third-order valence-corrected chi connectivity index (χ3v) is 2.49. The average Bonchev–Trinajstić information content (AvgIpc) is 2.19. The molecular formula is C9H9BrF3NO2. The summed E-state index contributed by atoms with van der Waals surface area (Å²) in [4.78, 5) is 3.74. The highest BCUT2D eigenvalue weighted by molar-refractivity contribution is 9.08. The predicted molar refractivity (Wildman–Crippen MR) is 54.8 cm³/mol. The highest BCUT2D eigenvalue weighted by Gasteiger charge is 2.32. The van der Waals surface area contributed by atoms with E-state index in [-0.39, 0.29) is 11.6 Å². The standard InChI is InChI=1S/C9H9BrF3NO2/c1-5-6(3-10)8(15-2)14-4-7(5)16-9(11,12)13/h4H,3H2,1-2H3. The molecule has 0 aromatic carbocycles. The number of methoxy groups -OCH3 is 1. The Morgan fingerprint density at radius 3 is 2.50 bits per heavy atom. The van der Waals surface area contributed by atoms with E-state index in [0.29, 0.717) is 16.5 Å². The molecule has 90 valence electrons. The second-order valence-electron chi connectivity index (χ2n) is 2.92. The van der Waals surface area contributed by atoms with Crippen LogP contribution in [0.4, 0.5) is 13.2 Å². The first-order valence-corrected chi connectivity index (χ1v) is 5.35. The van der Waals surface area contributed by atoms with Crippen molar-refractivity contribution in [2.24, 2.45) is 0 Å². The minimum Gasteiger partial charge on any atom is -0.481 e. The van der Waals surface area contributed by atoms with Gasteiger partial charge in [0.25, 0.3) is 0 Å². The van der Waals surface area contributed by atoms with Crippen LogP contribution in [-0.2, 0) is 5.33 Å². The summed E-state index contributed by atoms with van der Waals surface area (Å²) in [6.07, 6.45) is -3.72. The average molecular weight is 300 g/mol. The molecule has 0 atom stereocenters. The first-order valence-electron chi connectivity index (χ1n) is 4.23. The van der Waals surface area contributed by atoms with Crippen molar-refractivity contribution in [3.63, 3.8) is 0 Å². The van der Waals surface area contributed by atoms with Gasteiger partial charge in [0.1, 0.15) is 0 Å². The van der Waals surface area contributed by atoms with Crippen molar-refractivity contribution in [2.45, 2.75) is 18.6 Å². The summed E-state index contributed by atoms with van der Waals surface area (Å²) < 4.78 is 44.9. The van der Waals surface area contributed by atoms with Gasteiger partial charge in [-0.25, -0.2) is 4.98 Å². The van der Waals surface area contributed by atoms with E-state index in [1.54, 1.807) is 0 Å². The molecule has 0 N–H and O–H groups in total. The molecule has 7 heteroatoms. The number of rotatable bonds is 3. The predicted octanol–water partition coefficient (Wildman–Crippen LogP) is 3.19. The van der Waals surface area contributed by atoms with Gasteiger partial charge in [0.2, 0.25) is 5.88 Å². The molecule has 0 aliphatic heterocycles. The second-order valence-corrected chi connectivity index (χ2v) is 3.48. The van der Waals surface area contributed by atoms with Crippen LogP contribution in [0.5, 0.6) is 11.6 Å². The van der Waals surface area contributed by atoms with Gasteiger partial charge < -0.3 is 9.47 Å². The fourth-order valence-corrected chi connectivity index (χ4v) is 1.82. The van der Waals surface area contributed by atoms with Crippen molar-refractivity contribution in [3.05, 3.63) is 17.3 Å². The topological polar surface area (TPSA) is 31.4 Å². The Hall–Kier alpha value is -0.980. The summed E-state index contributed by atoms with van der Waals surface area (Å²) in [5, 5.41) is 0.337. The van der Waals surface area contributed by atoms with Crippen LogP contribution in [0.2, 0.25) is 0 Å². The Morgan fingerprint density at radius 2 is 2.06 bits per heavy atom. The van der Waals surface area contributed by atoms with Gasteiger partial charge in [0.15, 0.2) is 5.75 Å². The lowest BCUT2D eigenvalue weighted by Gasteiger charge is -2.14. The quantitative estimate of drug-likeness (QED) is 0.803. The maximum absolute atomic E-state index is 12.0. The molecule has 1 heterocycles. The van der Waals surface area contributed by atoms with Gasteiger partial charge in [-0.3, -0.25) is 0 Å². The summed E-state index contributed by atoms with van der Waals surface area (Å²) in [6, 6.07) is 0. The van der Waals surface area contributed by atoms with Crippen LogP contribution in [0.1, 0.15) is 11.1 Å². The van der Waals surface area contributed by atoms with E-state index < -0.39 is 6.36 Å². The molecule has 0 saturated carbocycles. The number of halogens is 4. The number of nitrogens with zero attached hydrogens (tertiary/aromatic N) is 1. The number of hydrogen-bond acceptors (Lipinski definition) is 3. The zero-order valence-electron chi connectivity index (χ0n) is 8.56. The van der Waals surface area contributed by atoms with E-state index in [2.05, 4.69) is 25.7 Å². The highest BCUT2D eigenvalue weighted by atomic mass is 79.9. The Kier molecular flexibility index (Phi) is 4.01. The van der Waals surface area contributed by atoms with Gasteiger partial charge in [-0.05, 0) is 6.92 Å². The molecule has 0 bridgehead atoms. The van der Waals surface area contributed by atoms with Crippen LogP contribution in [0, 0.1) is 6.92 Å². The molecule has 1 aromatic rings. The fourth-order valence-electron chi connectivity index (χ4n) is 1.16. The Balaban J connectivity index is 3.14. The lowest BCUT2D eigenvalue weighted by molar-refractivity contribution is -0.275. The largest absolute Gasteiger partial charge is 0.573 e. The Bertz CT molecular complexity index is 382. The van der Waals surface area contributed by atoms with E-state index in [0.717, 1.165) is 6.20 Å². The molecular weight excluding hydrogens is 291 g/mol. The normalized spacial score (nSPS) is 11.4. The van der Waals surface area contributed by atoms with E-state index in [1.807, 2.05) is 0 Å². The number of aromatic nitrogens is 1. The zero-order valence-corrected chi connectivity index (χ0v) is 10.1. The zero-order chi connectivity index (χ0) is 12.3. The van der Waals surface area contributed by atoms with Crippen LogP contribution in [-0.4, -0.2) is 18.5 Å². The van der Waals surface area contributed by atoms with Gasteiger partial charge in [0.05, 0.1) is 13.3 Å². The minimum atomic E-state index is -4.72. The summed E-state index contributed by atoms with van der Waals surface area (Å²) in [5.74, 6) is -0.0355. The van der Waals surface area contributed by atoms with Crippen molar-refractivity contribution in [2.75, 3.05) is 7.11 Å². The first kappa shape index (κ1) is 13.1. The van der Waals surface area contributed by atoms with Crippen molar-refractivity contribution in [3.8, 4) is 11.6 Å². The second kappa shape index (κ2) is 4.90. The molecule has 0 radical (unpaired) electrons. The third-order valence-electron chi connectivity index (χ3n) is 1.93. The van der Waals surface area contributed by atoms with Crippen LogP contribution in [0.25, 0.3) is 0 Å². The summed E-state index contributed by atoms with van der Waals surface area (Å²) in [7, 11) is 1.40. The van der Waals surface area contributed by atoms with E-state index in [9.17, 15) is 13.2 Å². The molecule has 0 saturated heterocycles. The van der Waals surface area contributed by atoms with Crippen molar-refractivity contribution < 1.29 is 22.6 Å². The smallest absolute Gasteiger partial charge is 0.481 e. The van der Waals surface area contributed by atoms with Gasteiger partial charge in [0, 0.05) is 16.5 Å². The monoisotopic (exact) mass is 299 g/mol. The number of hydrogen-bond donors (Lipinski definition) is 0. The highest BCUT2D eigenvalue weighted by Crippen LogP contribution is 2.32. The molecule has 1 aromatic heterocycles. The molecule has 1 rings (SSSR count). The SMILES string of the molecule is COc1ncc(OC(F)(F)F)c(C)c1CBr. The van der Waals surface area contributed by atoms with E-state index in [1.165, 1.54) is 14.0 Å². The molecule has 0 aliphatic rings. The van der Waals surface area contributed by atoms with E-state index in [4.69, 9.17) is 4.74 Å². The molecule has 16 heavy (non-hydrogen) atoms. The maximum atomic E-state index is 12.0. The number of ether oxygens (including phenoxy) is 2. The lowest BCUT2D eigenvalue weighted by Crippen LogP contribution is -2.18. The number of pyridine rings is 1. The molecule has 0 unspecified atom stereocenters. The first-order chi connectivity index (χ1) is 7.39. The van der Waals surface area contributed by atoms with E-state index >= 15 is 0 Å². The summed E-state index contributed by atoms with van der Waals surface area (Å²) in [6.45, 7) is 1.52. The summed E-state index contributed by atoms with van der Waals surface area (Å²) >= 11 is 3.16. The van der Waals surface area contributed by atoms with Gasteiger partial charge in [-0.2, -0.15) is 0 Å². The van der Waals surface area contributed by atoms with Crippen LogP contribution in [0.15, 0.2) is 6.20 Å². The fraction of sp³-hybridized carbons (Fsp3) is 0.444. The minimum absolute atomic E-state index is 0.281. The maximum Gasteiger partial charge on any atom is 0.573 e. The van der Waals surface area contributed by atoms with Gasteiger partial charge >= 0.3 is 6.36 Å². The van der Waals surface area contributed by atoms with Crippen LogP contribution < -0.4 is 9.47 Å². The molecule has 0 spiro atoms. The number of alkyl halides is 4. The Morgan fingerprint density at radius 1 is 1.44 bits per heavy atom. The van der Waals surface area contributed by atoms with Crippen LogP contribution >= 0.6 is 15.9 Å². The molecule has 0 fully saturated rings. The van der Waals surface area contributed by atoms with Crippen molar-refractivity contribution in [1.29, 1.82) is 0 Å². The molecule has 0 aliphatic carbocycles.